The van der Waals surface area contributed by atoms with E-state index in [1.165, 1.54) is 17.6 Å². The van der Waals surface area contributed by atoms with Gasteiger partial charge in [0.05, 0.1) is 0 Å². The van der Waals surface area contributed by atoms with Gasteiger partial charge in [-0.3, -0.25) is 0 Å². The fourth-order valence-electron chi connectivity index (χ4n) is 1.84. The third kappa shape index (κ3) is 4.33. The minimum Gasteiger partial charge on any atom is -0.0738 e. The first-order valence-electron chi connectivity index (χ1n) is 5.78. The van der Waals surface area contributed by atoms with Crippen LogP contribution < -0.4 is 0 Å². The highest BCUT2D eigenvalue weighted by Gasteiger charge is 2.01. The van der Waals surface area contributed by atoms with Gasteiger partial charge in [0.25, 0.3) is 0 Å². The van der Waals surface area contributed by atoms with Crippen LogP contribution in [0.25, 0.3) is 0 Å². The quantitative estimate of drug-likeness (QED) is 0.625. The predicted octanol–water partition coefficient (Wildman–Crippen LogP) is 4.61. The smallest absolute Gasteiger partial charge is 0.00673 e. The first-order chi connectivity index (χ1) is 7.09. The maximum absolute atomic E-state index is 2.28. The second kappa shape index (κ2) is 5.75. The summed E-state index contributed by atoms with van der Waals surface area (Å²) in [6.45, 7) is 9.07. The van der Waals surface area contributed by atoms with Gasteiger partial charge in [-0.1, -0.05) is 55.3 Å². The highest BCUT2D eigenvalue weighted by molar-refractivity contribution is 5.23. The van der Waals surface area contributed by atoms with Crippen LogP contribution in [0.1, 0.15) is 39.7 Å². The minimum absolute atomic E-state index is 0.760. The highest BCUT2D eigenvalue weighted by atomic mass is 14.1. The molecule has 0 heteroatoms. The summed E-state index contributed by atoms with van der Waals surface area (Å²) in [5, 5.41) is 0. The SMILES string of the molecule is C/C(Cc1ccccc1)=C(/C)CC(C)C. The van der Waals surface area contributed by atoms with Crippen LogP contribution in [0.4, 0.5) is 0 Å². The summed E-state index contributed by atoms with van der Waals surface area (Å²) in [5.74, 6) is 0.760. The average molecular weight is 202 g/mol. The van der Waals surface area contributed by atoms with Gasteiger partial charge in [-0.2, -0.15) is 0 Å². The molecule has 0 atom stereocenters. The van der Waals surface area contributed by atoms with Gasteiger partial charge in [0, 0.05) is 0 Å². The Balaban J connectivity index is 2.65. The first-order valence-corrected chi connectivity index (χ1v) is 5.78. The van der Waals surface area contributed by atoms with E-state index < -0.39 is 0 Å². The normalized spacial score (nSPS) is 12.9. The Hall–Kier alpha value is -1.04. The lowest BCUT2D eigenvalue weighted by Crippen LogP contribution is -1.94. The van der Waals surface area contributed by atoms with E-state index in [-0.39, 0.29) is 0 Å². The Morgan fingerprint density at radius 3 is 2.13 bits per heavy atom. The molecule has 0 saturated heterocycles. The number of rotatable bonds is 4. The van der Waals surface area contributed by atoms with E-state index in [0.717, 1.165) is 12.3 Å². The van der Waals surface area contributed by atoms with Gasteiger partial charge in [-0.15, -0.1) is 0 Å². The molecule has 0 aromatic heterocycles. The van der Waals surface area contributed by atoms with Crippen molar-refractivity contribution in [2.24, 2.45) is 5.92 Å². The standard InChI is InChI=1S/C15H22/c1-12(2)10-13(3)14(4)11-15-8-6-5-7-9-15/h5-9,12H,10-11H2,1-4H3/b14-13+. The Labute approximate surface area is 94.0 Å². The van der Waals surface area contributed by atoms with Crippen LogP contribution in [0.2, 0.25) is 0 Å². The van der Waals surface area contributed by atoms with Crippen molar-refractivity contribution >= 4 is 0 Å². The number of hydrogen-bond acceptors (Lipinski definition) is 0. The lowest BCUT2D eigenvalue weighted by atomic mass is 9.96. The molecule has 0 unspecified atom stereocenters. The number of hydrogen-bond donors (Lipinski definition) is 0. The van der Waals surface area contributed by atoms with E-state index in [1.807, 2.05) is 0 Å². The molecule has 0 spiro atoms. The summed E-state index contributed by atoms with van der Waals surface area (Å²) in [5.41, 5.74) is 4.49. The van der Waals surface area contributed by atoms with Crippen LogP contribution in [0.15, 0.2) is 41.5 Å². The van der Waals surface area contributed by atoms with Crippen molar-refractivity contribution in [3.63, 3.8) is 0 Å². The fraction of sp³-hybridized carbons (Fsp3) is 0.467. The number of allylic oxidation sites excluding steroid dienone is 2. The molecule has 1 rings (SSSR count). The summed E-state index contributed by atoms with van der Waals surface area (Å²) in [6, 6.07) is 10.7. The topological polar surface area (TPSA) is 0 Å². The van der Waals surface area contributed by atoms with Crippen molar-refractivity contribution in [2.75, 3.05) is 0 Å². The zero-order chi connectivity index (χ0) is 11.3. The molecule has 0 heterocycles. The molecule has 1 aromatic carbocycles. The van der Waals surface area contributed by atoms with Crippen LogP contribution in [0, 0.1) is 5.92 Å². The average Bonchev–Trinajstić information content (AvgIpc) is 2.18. The lowest BCUT2D eigenvalue weighted by molar-refractivity contribution is 0.637. The van der Waals surface area contributed by atoms with Gasteiger partial charge in [-0.25, -0.2) is 0 Å². The van der Waals surface area contributed by atoms with E-state index in [4.69, 9.17) is 0 Å². The molecule has 0 fully saturated rings. The van der Waals surface area contributed by atoms with E-state index in [0.29, 0.717) is 0 Å². The van der Waals surface area contributed by atoms with Crippen LogP contribution in [0.3, 0.4) is 0 Å². The Kier molecular flexibility index (Phi) is 4.61. The molecule has 0 aliphatic heterocycles. The Morgan fingerprint density at radius 2 is 1.60 bits per heavy atom. The van der Waals surface area contributed by atoms with Gasteiger partial charge < -0.3 is 0 Å². The van der Waals surface area contributed by atoms with Crippen LogP contribution in [-0.4, -0.2) is 0 Å². The minimum atomic E-state index is 0.760. The lowest BCUT2D eigenvalue weighted by Gasteiger charge is -2.10. The van der Waals surface area contributed by atoms with Gasteiger partial charge in [-0.05, 0) is 38.2 Å². The largest absolute Gasteiger partial charge is 0.0738 e. The molecular weight excluding hydrogens is 180 g/mol. The van der Waals surface area contributed by atoms with E-state index in [2.05, 4.69) is 58.0 Å². The van der Waals surface area contributed by atoms with Crippen molar-refractivity contribution in [3.05, 3.63) is 47.0 Å². The second-order valence-corrected chi connectivity index (χ2v) is 4.82. The van der Waals surface area contributed by atoms with Crippen molar-refractivity contribution in [1.82, 2.24) is 0 Å². The van der Waals surface area contributed by atoms with E-state index in [1.54, 1.807) is 5.57 Å². The molecule has 82 valence electrons. The molecule has 0 aliphatic rings. The summed E-state index contributed by atoms with van der Waals surface area (Å²) in [6.07, 6.45) is 2.32. The maximum atomic E-state index is 2.28. The third-order valence-electron chi connectivity index (χ3n) is 2.76. The molecule has 0 amide bonds. The molecular formula is C15H22. The van der Waals surface area contributed by atoms with Crippen LogP contribution >= 0.6 is 0 Å². The van der Waals surface area contributed by atoms with Crippen LogP contribution in [0.5, 0.6) is 0 Å². The molecule has 15 heavy (non-hydrogen) atoms. The molecule has 0 N–H and O–H groups in total. The molecule has 0 nitrogen and oxygen atoms in total. The summed E-state index contributed by atoms with van der Waals surface area (Å²) >= 11 is 0. The molecule has 1 aromatic rings. The summed E-state index contributed by atoms with van der Waals surface area (Å²) in [4.78, 5) is 0. The Bertz CT molecular complexity index is 317. The summed E-state index contributed by atoms with van der Waals surface area (Å²) < 4.78 is 0. The van der Waals surface area contributed by atoms with Gasteiger partial charge in [0.15, 0.2) is 0 Å². The maximum Gasteiger partial charge on any atom is -0.00673 e. The number of benzene rings is 1. The zero-order valence-electron chi connectivity index (χ0n) is 10.4. The predicted molar refractivity (Wildman–Crippen MR) is 68.0 cm³/mol. The first kappa shape index (κ1) is 12.0. The van der Waals surface area contributed by atoms with Gasteiger partial charge in [0.2, 0.25) is 0 Å². The molecule has 0 saturated carbocycles. The van der Waals surface area contributed by atoms with Crippen molar-refractivity contribution in [2.45, 2.75) is 40.5 Å². The second-order valence-electron chi connectivity index (χ2n) is 4.82. The van der Waals surface area contributed by atoms with Crippen LogP contribution in [-0.2, 0) is 6.42 Å². The monoisotopic (exact) mass is 202 g/mol. The van der Waals surface area contributed by atoms with Gasteiger partial charge in [0.1, 0.15) is 0 Å². The van der Waals surface area contributed by atoms with Crippen molar-refractivity contribution in [3.8, 4) is 0 Å². The highest BCUT2D eigenvalue weighted by Crippen LogP contribution is 2.17. The summed E-state index contributed by atoms with van der Waals surface area (Å²) in [7, 11) is 0. The van der Waals surface area contributed by atoms with Crippen molar-refractivity contribution < 1.29 is 0 Å². The molecule has 0 bridgehead atoms. The third-order valence-corrected chi connectivity index (χ3v) is 2.76. The van der Waals surface area contributed by atoms with E-state index >= 15 is 0 Å². The van der Waals surface area contributed by atoms with Crippen molar-refractivity contribution in [1.29, 1.82) is 0 Å². The van der Waals surface area contributed by atoms with E-state index in [9.17, 15) is 0 Å². The zero-order valence-corrected chi connectivity index (χ0v) is 10.4. The molecule has 0 aliphatic carbocycles. The fourth-order valence-corrected chi connectivity index (χ4v) is 1.84. The Morgan fingerprint density at radius 1 is 1.00 bits per heavy atom. The van der Waals surface area contributed by atoms with Gasteiger partial charge >= 0.3 is 0 Å². The molecule has 0 radical (unpaired) electrons.